The van der Waals surface area contributed by atoms with Crippen molar-refractivity contribution in [1.82, 2.24) is 4.57 Å². The number of esters is 1. The topological polar surface area (TPSA) is 48.3 Å². The Morgan fingerprint density at radius 2 is 2.00 bits per heavy atom. The Labute approximate surface area is 108 Å². The monoisotopic (exact) mass is 251 g/mol. The molecular weight excluding hydrogens is 230 g/mol. The third kappa shape index (κ3) is 4.02. The van der Waals surface area contributed by atoms with Crippen LogP contribution in [0.4, 0.5) is 0 Å². The number of pyridine rings is 1. The van der Waals surface area contributed by atoms with E-state index in [1.165, 1.54) is 10.6 Å². The first-order valence-corrected chi connectivity index (χ1v) is 6.27. The summed E-state index contributed by atoms with van der Waals surface area (Å²) in [5.74, 6) is 0.137. The highest BCUT2D eigenvalue weighted by Gasteiger charge is 2.17. The average Bonchev–Trinajstić information content (AvgIpc) is 2.30. The van der Waals surface area contributed by atoms with Crippen molar-refractivity contribution < 1.29 is 9.53 Å². The summed E-state index contributed by atoms with van der Waals surface area (Å²) in [5, 5.41) is 0. The molecule has 0 saturated carbocycles. The molecule has 0 spiro atoms. The number of aryl methyl sites for hydroxylation is 1. The number of nitrogens with zero attached hydrogens (tertiary/aromatic N) is 1. The van der Waals surface area contributed by atoms with E-state index in [1.54, 1.807) is 19.2 Å². The van der Waals surface area contributed by atoms with Gasteiger partial charge in [0.1, 0.15) is 6.04 Å². The second-order valence-electron chi connectivity index (χ2n) is 4.98. The Balaban J connectivity index is 2.68. The quantitative estimate of drug-likeness (QED) is 0.754. The zero-order valence-corrected chi connectivity index (χ0v) is 11.5. The summed E-state index contributed by atoms with van der Waals surface area (Å²) >= 11 is 0. The lowest BCUT2D eigenvalue weighted by atomic mass is 10.1. The zero-order chi connectivity index (χ0) is 13.7. The molecule has 0 amide bonds. The summed E-state index contributed by atoms with van der Waals surface area (Å²) in [6, 6.07) is 2.62. The summed E-state index contributed by atoms with van der Waals surface area (Å²) in [5.41, 5.74) is 0.755. The fraction of sp³-hybridized carbons (Fsp3) is 0.571. The lowest BCUT2D eigenvalue weighted by Crippen LogP contribution is -2.28. The number of ether oxygens (including phenoxy) is 1. The molecule has 1 aromatic heterocycles. The van der Waals surface area contributed by atoms with Crippen molar-refractivity contribution in [3.63, 3.8) is 0 Å². The highest BCUT2D eigenvalue weighted by molar-refractivity contribution is 5.73. The second-order valence-corrected chi connectivity index (χ2v) is 4.98. The van der Waals surface area contributed by atoms with E-state index in [9.17, 15) is 9.59 Å². The van der Waals surface area contributed by atoms with Gasteiger partial charge in [-0.05, 0) is 31.7 Å². The van der Waals surface area contributed by atoms with Gasteiger partial charge < -0.3 is 9.30 Å². The van der Waals surface area contributed by atoms with Crippen LogP contribution in [0.25, 0.3) is 0 Å². The van der Waals surface area contributed by atoms with Crippen LogP contribution in [0.3, 0.4) is 0 Å². The highest BCUT2D eigenvalue weighted by Crippen LogP contribution is 2.08. The van der Waals surface area contributed by atoms with Crippen molar-refractivity contribution in [2.45, 2.75) is 40.2 Å². The summed E-state index contributed by atoms with van der Waals surface area (Å²) in [7, 11) is 0. The van der Waals surface area contributed by atoms with Crippen molar-refractivity contribution in [2.24, 2.45) is 5.92 Å². The normalized spacial score (nSPS) is 12.5. The SMILES string of the molecule is Cc1ccc(=O)n(C(C)C(=O)OCCC(C)C)c1. The minimum atomic E-state index is -0.579. The predicted molar refractivity (Wildman–Crippen MR) is 70.6 cm³/mol. The molecule has 4 nitrogen and oxygen atoms in total. The summed E-state index contributed by atoms with van der Waals surface area (Å²) in [4.78, 5) is 23.5. The number of carbonyl (C=O) groups is 1. The molecule has 1 rings (SSSR count). The van der Waals surface area contributed by atoms with Gasteiger partial charge in [0.2, 0.25) is 0 Å². The zero-order valence-electron chi connectivity index (χ0n) is 11.5. The third-order valence-electron chi connectivity index (χ3n) is 2.78. The van der Waals surface area contributed by atoms with Crippen LogP contribution in [0.1, 0.15) is 38.8 Å². The molecule has 0 radical (unpaired) electrons. The molecule has 0 aliphatic carbocycles. The molecule has 1 heterocycles. The van der Waals surface area contributed by atoms with E-state index in [2.05, 4.69) is 13.8 Å². The molecule has 1 aromatic rings. The Bertz CT molecular complexity index is 462. The van der Waals surface area contributed by atoms with Crippen molar-refractivity contribution >= 4 is 5.97 Å². The second kappa shape index (κ2) is 6.38. The minimum Gasteiger partial charge on any atom is -0.464 e. The van der Waals surface area contributed by atoms with Gasteiger partial charge in [-0.25, -0.2) is 4.79 Å². The first kappa shape index (κ1) is 14.5. The van der Waals surface area contributed by atoms with Gasteiger partial charge >= 0.3 is 5.97 Å². The molecule has 18 heavy (non-hydrogen) atoms. The molecule has 1 atom stereocenters. The van der Waals surface area contributed by atoms with Crippen molar-refractivity contribution in [3.05, 3.63) is 34.2 Å². The lowest BCUT2D eigenvalue weighted by Gasteiger charge is -2.15. The summed E-state index contributed by atoms with van der Waals surface area (Å²) in [6.45, 7) is 8.11. The van der Waals surface area contributed by atoms with Gasteiger partial charge in [0.15, 0.2) is 0 Å². The first-order chi connectivity index (χ1) is 8.41. The summed E-state index contributed by atoms with van der Waals surface area (Å²) in [6.07, 6.45) is 2.51. The molecule has 0 N–H and O–H groups in total. The van der Waals surface area contributed by atoms with Gasteiger partial charge in [-0.2, -0.15) is 0 Å². The number of aromatic nitrogens is 1. The Morgan fingerprint density at radius 3 is 2.61 bits per heavy atom. The van der Waals surface area contributed by atoms with E-state index in [-0.39, 0.29) is 11.5 Å². The van der Waals surface area contributed by atoms with Crippen LogP contribution in [0, 0.1) is 12.8 Å². The number of hydrogen-bond donors (Lipinski definition) is 0. The molecule has 0 fully saturated rings. The Kier molecular flexibility index (Phi) is 5.13. The van der Waals surface area contributed by atoms with Crippen LogP contribution in [-0.2, 0) is 9.53 Å². The van der Waals surface area contributed by atoms with Crippen LogP contribution in [0.15, 0.2) is 23.1 Å². The standard InChI is InChI=1S/C14H21NO3/c1-10(2)7-8-18-14(17)12(4)15-9-11(3)5-6-13(15)16/h5-6,9-10,12H,7-8H2,1-4H3. The van der Waals surface area contributed by atoms with Crippen LogP contribution < -0.4 is 5.56 Å². The molecule has 1 unspecified atom stereocenters. The van der Waals surface area contributed by atoms with Gasteiger partial charge in [-0.1, -0.05) is 19.9 Å². The smallest absolute Gasteiger partial charge is 0.328 e. The van der Waals surface area contributed by atoms with Crippen molar-refractivity contribution in [1.29, 1.82) is 0 Å². The molecule has 0 aliphatic heterocycles. The van der Waals surface area contributed by atoms with E-state index in [1.807, 2.05) is 6.92 Å². The van der Waals surface area contributed by atoms with Gasteiger partial charge in [0.05, 0.1) is 6.61 Å². The van der Waals surface area contributed by atoms with E-state index >= 15 is 0 Å². The number of carbonyl (C=O) groups excluding carboxylic acids is 1. The van der Waals surface area contributed by atoms with Crippen LogP contribution in [0.2, 0.25) is 0 Å². The molecule has 0 saturated heterocycles. The largest absolute Gasteiger partial charge is 0.464 e. The van der Waals surface area contributed by atoms with E-state index in [0.29, 0.717) is 12.5 Å². The molecule has 0 aromatic carbocycles. The Morgan fingerprint density at radius 1 is 1.33 bits per heavy atom. The first-order valence-electron chi connectivity index (χ1n) is 6.27. The van der Waals surface area contributed by atoms with Crippen LogP contribution in [-0.4, -0.2) is 17.1 Å². The Hall–Kier alpha value is -1.58. The van der Waals surface area contributed by atoms with Crippen molar-refractivity contribution in [3.8, 4) is 0 Å². The molecule has 100 valence electrons. The highest BCUT2D eigenvalue weighted by atomic mass is 16.5. The van der Waals surface area contributed by atoms with Gasteiger partial charge in [-0.3, -0.25) is 4.79 Å². The van der Waals surface area contributed by atoms with Gasteiger partial charge in [0, 0.05) is 12.3 Å². The molecule has 0 aliphatic rings. The maximum atomic E-state index is 11.8. The minimum absolute atomic E-state index is 0.186. The lowest BCUT2D eigenvalue weighted by molar-refractivity contribution is -0.147. The third-order valence-corrected chi connectivity index (χ3v) is 2.78. The fourth-order valence-corrected chi connectivity index (χ4v) is 1.55. The van der Waals surface area contributed by atoms with Gasteiger partial charge in [0.25, 0.3) is 5.56 Å². The van der Waals surface area contributed by atoms with E-state index in [0.717, 1.165) is 12.0 Å². The maximum Gasteiger partial charge on any atom is 0.328 e. The average molecular weight is 251 g/mol. The number of hydrogen-bond acceptors (Lipinski definition) is 3. The molecule has 0 bridgehead atoms. The fourth-order valence-electron chi connectivity index (χ4n) is 1.55. The van der Waals surface area contributed by atoms with E-state index < -0.39 is 6.04 Å². The van der Waals surface area contributed by atoms with Gasteiger partial charge in [-0.15, -0.1) is 0 Å². The number of rotatable bonds is 5. The maximum absolute atomic E-state index is 11.8. The predicted octanol–water partition coefficient (Wildman–Crippen LogP) is 2.31. The summed E-state index contributed by atoms with van der Waals surface area (Å²) < 4.78 is 6.58. The van der Waals surface area contributed by atoms with E-state index in [4.69, 9.17) is 4.74 Å². The van der Waals surface area contributed by atoms with Crippen LogP contribution >= 0.6 is 0 Å². The molecule has 4 heteroatoms. The molecular formula is C14H21NO3. The van der Waals surface area contributed by atoms with Crippen molar-refractivity contribution in [2.75, 3.05) is 6.61 Å². The van der Waals surface area contributed by atoms with Crippen LogP contribution in [0.5, 0.6) is 0 Å².